The molecule has 0 aliphatic carbocycles. The van der Waals surface area contributed by atoms with Crippen molar-refractivity contribution in [2.24, 2.45) is 0 Å². The summed E-state index contributed by atoms with van der Waals surface area (Å²) in [5.41, 5.74) is 5.81. The number of hydrogen-bond donors (Lipinski definition) is 1. The van der Waals surface area contributed by atoms with Gasteiger partial charge in [-0.15, -0.1) is 0 Å². The van der Waals surface area contributed by atoms with Gasteiger partial charge in [-0.1, -0.05) is 36.7 Å². The van der Waals surface area contributed by atoms with Crippen LogP contribution in [0.1, 0.15) is 55.3 Å². The number of aromatic nitrogens is 2. The van der Waals surface area contributed by atoms with E-state index in [4.69, 9.17) is 21.5 Å². The number of nitrogens with one attached hydrogen (secondary N) is 1. The van der Waals surface area contributed by atoms with Crippen LogP contribution in [0.5, 0.6) is 5.75 Å². The van der Waals surface area contributed by atoms with Gasteiger partial charge < -0.3 is 19.5 Å². The van der Waals surface area contributed by atoms with E-state index in [-0.39, 0.29) is 11.8 Å². The van der Waals surface area contributed by atoms with Gasteiger partial charge in [-0.2, -0.15) is 4.98 Å². The van der Waals surface area contributed by atoms with Crippen LogP contribution in [-0.4, -0.2) is 33.8 Å². The quantitative estimate of drug-likeness (QED) is 0.418. The van der Waals surface area contributed by atoms with E-state index in [0.717, 1.165) is 36.2 Å². The lowest BCUT2D eigenvalue weighted by Gasteiger charge is -2.37. The Balaban J connectivity index is 1.80. The number of hydrogen-bond acceptors (Lipinski definition) is 5. The summed E-state index contributed by atoms with van der Waals surface area (Å²) in [6, 6.07) is 10.7. The average molecular weight is 481 g/mol. The van der Waals surface area contributed by atoms with Crippen LogP contribution in [0.3, 0.4) is 0 Å². The Morgan fingerprint density at radius 3 is 2.62 bits per heavy atom. The molecular weight excluding hydrogens is 451 g/mol. The Kier molecular flexibility index (Phi) is 6.97. The number of allylic oxidation sites excluding steroid dienone is 1. The van der Waals surface area contributed by atoms with E-state index >= 15 is 0 Å². The summed E-state index contributed by atoms with van der Waals surface area (Å²) >= 11 is 5.74. The molecule has 0 spiro atoms. The summed E-state index contributed by atoms with van der Waals surface area (Å²) in [7, 11) is 1.43. The molecule has 0 amide bonds. The first kappa shape index (κ1) is 23.9. The SMILES string of the molecule is CCCCN1C(=S)NC(c2ccc(C)c(C)c2)C(c2nc(-c3ccc(OC)c(F)c3)no2)=C1C. The van der Waals surface area contributed by atoms with Crippen LogP contribution in [0.15, 0.2) is 46.6 Å². The number of rotatable bonds is 7. The fourth-order valence-corrected chi connectivity index (χ4v) is 4.44. The first-order chi connectivity index (χ1) is 16.3. The molecule has 0 saturated heterocycles. The van der Waals surface area contributed by atoms with Crippen LogP contribution < -0.4 is 10.1 Å². The molecule has 3 aromatic rings. The molecule has 1 atom stereocenters. The molecule has 2 heterocycles. The second-order valence-electron chi connectivity index (χ2n) is 8.50. The minimum absolute atomic E-state index is 0.164. The highest BCUT2D eigenvalue weighted by molar-refractivity contribution is 7.80. The lowest BCUT2D eigenvalue weighted by molar-refractivity contribution is 0.386. The van der Waals surface area contributed by atoms with Crippen molar-refractivity contribution in [1.82, 2.24) is 20.4 Å². The van der Waals surface area contributed by atoms with E-state index in [9.17, 15) is 4.39 Å². The first-order valence-electron chi connectivity index (χ1n) is 11.4. The van der Waals surface area contributed by atoms with Crippen LogP contribution in [0, 0.1) is 19.7 Å². The zero-order chi connectivity index (χ0) is 24.4. The maximum absolute atomic E-state index is 14.3. The summed E-state index contributed by atoms with van der Waals surface area (Å²) in [5.74, 6) is 0.370. The molecular formula is C26H29FN4O2S. The molecule has 34 heavy (non-hydrogen) atoms. The van der Waals surface area contributed by atoms with Gasteiger partial charge in [-0.05, 0) is 74.3 Å². The Morgan fingerprint density at radius 1 is 1.15 bits per heavy atom. The number of ether oxygens (including phenoxy) is 1. The Hall–Kier alpha value is -3.26. The third-order valence-electron chi connectivity index (χ3n) is 6.26. The largest absolute Gasteiger partial charge is 0.494 e. The van der Waals surface area contributed by atoms with E-state index in [1.807, 2.05) is 6.92 Å². The number of unbranched alkanes of at least 4 members (excludes halogenated alkanes) is 1. The molecule has 6 nitrogen and oxygen atoms in total. The third kappa shape index (κ3) is 4.55. The van der Waals surface area contributed by atoms with Gasteiger partial charge in [0.15, 0.2) is 16.7 Å². The molecule has 1 N–H and O–H groups in total. The van der Waals surface area contributed by atoms with Crippen LogP contribution in [0.4, 0.5) is 4.39 Å². The third-order valence-corrected chi connectivity index (χ3v) is 6.60. The predicted octanol–water partition coefficient (Wildman–Crippen LogP) is 5.96. The van der Waals surface area contributed by atoms with Gasteiger partial charge in [0.25, 0.3) is 5.89 Å². The summed E-state index contributed by atoms with van der Waals surface area (Å²) in [6.07, 6.45) is 2.05. The summed E-state index contributed by atoms with van der Waals surface area (Å²) in [6.45, 7) is 9.15. The van der Waals surface area contributed by atoms with Crippen LogP contribution >= 0.6 is 12.2 Å². The molecule has 4 rings (SSSR count). The zero-order valence-electron chi connectivity index (χ0n) is 20.1. The molecule has 1 unspecified atom stereocenters. The Morgan fingerprint density at radius 2 is 1.94 bits per heavy atom. The monoisotopic (exact) mass is 480 g/mol. The van der Waals surface area contributed by atoms with Crippen molar-refractivity contribution in [3.63, 3.8) is 0 Å². The molecule has 0 saturated carbocycles. The molecule has 0 bridgehead atoms. The topological polar surface area (TPSA) is 63.4 Å². The summed E-state index contributed by atoms with van der Waals surface area (Å²) in [4.78, 5) is 6.74. The van der Waals surface area contributed by atoms with Crippen molar-refractivity contribution in [3.05, 3.63) is 70.5 Å². The van der Waals surface area contributed by atoms with E-state index in [2.05, 4.69) is 59.3 Å². The second-order valence-corrected chi connectivity index (χ2v) is 8.89. The van der Waals surface area contributed by atoms with Crippen molar-refractivity contribution in [1.29, 1.82) is 0 Å². The van der Waals surface area contributed by atoms with Gasteiger partial charge in [0.2, 0.25) is 5.82 Å². The number of benzene rings is 2. The van der Waals surface area contributed by atoms with E-state index < -0.39 is 5.82 Å². The van der Waals surface area contributed by atoms with Gasteiger partial charge >= 0.3 is 0 Å². The van der Waals surface area contributed by atoms with E-state index in [1.165, 1.54) is 24.3 Å². The number of methoxy groups -OCH3 is 1. The highest BCUT2D eigenvalue weighted by Gasteiger charge is 2.34. The molecule has 0 radical (unpaired) electrons. The molecule has 2 aromatic carbocycles. The highest BCUT2D eigenvalue weighted by Crippen LogP contribution is 2.38. The second kappa shape index (κ2) is 9.93. The maximum Gasteiger partial charge on any atom is 0.258 e. The molecule has 1 aliphatic rings. The smallest absolute Gasteiger partial charge is 0.258 e. The Bertz CT molecular complexity index is 1250. The van der Waals surface area contributed by atoms with Crippen LogP contribution in [0.2, 0.25) is 0 Å². The minimum Gasteiger partial charge on any atom is -0.494 e. The molecule has 178 valence electrons. The highest BCUT2D eigenvalue weighted by atomic mass is 32.1. The minimum atomic E-state index is -0.481. The normalized spacial score (nSPS) is 16.1. The van der Waals surface area contributed by atoms with Crippen molar-refractivity contribution >= 4 is 22.9 Å². The molecule has 8 heteroatoms. The number of nitrogens with zero attached hydrogens (tertiary/aromatic N) is 3. The van der Waals surface area contributed by atoms with Crippen LogP contribution in [-0.2, 0) is 0 Å². The van der Waals surface area contributed by atoms with Gasteiger partial charge in [0.1, 0.15) is 0 Å². The zero-order valence-corrected chi connectivity index (χ0v) is 20.9. The van der Waals surface area contributed by atoms with Crippen molar-refractivity contribution in [2.45, 2.75) is 46.6 Å². The van der Waals surface area contributed by atoms with E-state index in [0.29, 0.717) is 22.4 Å². The standard InChI is InChI=1S/C26H29FN4O2S/c1-6-7-12-31-17(4)22(23(28-26(31)34)18-9-8-15(2)16(3)13-18)25-29-24(30-33-25)19-10-11-21(32-5)20(27)14-19/h8-11,13-14,23H,6-7,12H2,1-5H3,(H,28,34). The van der Waals surface area contributed by atoms with Gasteiger partial charge in [-0.3, -0.25) is 0 Å². The molecule has 1 aromatic heterocycles. The van der Waals surface area contributed by atoms with Crippen molar-refractivity contribution < 1.29 is 13.7 Å². The molecule has 1 aliphatic heterocycles. The number of halogens is 1. The van der Waals surface area contributed by atoms with Crippen molar-refractivity contribution in [3.8, 4) is 17.1 Å². The predicted molar refractivity (Wildman–Crippen MR) is 135 cm³/mol. The fraction of sp³-hybridized carbons (Fsp3) is 0.346. The van der Waals surface area contributed by atoms with Crippen molar-refractivity contribution in [2.75, 3.05) is 13.7 Å². The number of aryl methyl sites for hydroxylation is 2. The van der Waals surface area contributed by atoms with E-state index in [1.54, 1.807) is 12.1 Å². The average Bonchev–Trinajstić information content (AvgIpc) is 3.30. The van der Waals surface area contributed by atoms with Gasteiger partial charge in [-0.25, -0.2) is 4.39 Å². The summed E-state index contributed by atoms with van der Waals surface area (Å²) in [5, 5.41) is 8.31. The Labute approximate surface area is 204 Å². The summed E-state index contributed by atoms with van der Waals surface area (Å²) < 4.78 is 25.0. The lowest BCUT2D eigenvalue weighted by Crippen LogP contribution is -2.46. The lowest BCUT2D eigenvalue weighted by atomic mass is 9.92. The fourth-order valence-electron chi connectivity index (χ4n) is 4.09. The maximum atomic E-state index is 14.3. The van der Waals surface area contributed by atoms with Crippen LogP contribution in [0.25, 0.3) is 17.0 Å². The van der Waals surface area contributed by atoms with Gasteiger partial charge in [0.05, 0.1) is 18.7 Å². The number of thiocarbonyl (C=S) groups is 1. The first-order valence-corrected chi connectivity index (χ1v) is 11.8. The molecule has 0 fully saturated rings. The van der Waals surface area contributed by atoms with Gasteiger partial charge in [0, 0.05) is 17.8 Å².